The molecule has 2 aromatic rings. The Kier molecular flexibility index (Phi) is 4.26. The maximum absolute atomic E-state index is 13.3. The van der Waals surface area contributed by atoms with Gasteiger partial charge in [0.05, 0.1) is 22.5 Å². The van der Waals surface area contributed by atoms with Gasteiger partial charge in [-0.15, -0.1) is 0 Å². The molecule has 0 radical (unpaired) electrons. The van der Waals surface area contributed by atoms with Crippen molar-refractivity contribution in [3.63, 3.8) is 0 Å². The number of nitrogens with zero attached hydrogens (tertiary/aromatic N) is 3. The van der Waals surface area contributed by atoms with Crippen molar-refractivity contribution in [2.24, 2.45) is 0 Å². The summed E-state index contributed by atoms with van der Waals surface area (Å²) in [7, 11) is 0. The quantitative estimate of drug-likeness (QED) is 0.845. The predicted octanol–water partition coefficient (Wildman–Crippen LogP) is 2.51. The van der Waals surface area contributed by atoms with Crippen LogP contribution < -0.4 is 5.32 Å². The maximum Gasteiger partial charge on any atom is 0.422 e. The van der Waals surface area contributed by atoms with Crippen LogP contribution >= 0.6 is 0 Å². The molecule has 0 saturated carbocycles. The van der Waals surface area contributed by atoms with Gasteiger partial charge in [0.15, 0.2) is 0 Å². The minimum atomic E-state index is -0.853. The van der Waals surface area contributed by atoms with E-state index >= 15 is 0 Å². The van der Waals surface area contributed by atoms with E-state index in [1.54, 1.807) is 63.6 Å². The van der Waals surface area contributed by atoms with Crippen molar-refractivity contribution in [3.8, 4) is 0 Å². The number of ether oxygens (including phenoxy) is 1. The van der Waals surface area contributed by atoms with Crippen LogP contribution in [0, 0.1) is 0 Å². The largest absolute Gasteiger partial charge is 0.443 e. The molecular weight excluding hydrogens is 372 g/mol. The van der Waals surface area contributed by atoms with Crippen LogP contribution in [0.1, 0.15) is 31.9 Å². The molecule has 8 nitrogen and oxygen atoms in total. The zero-order chi connectivity index (χ0) is 20.8. The lowest BCUT2D eigenvalue weighted by atomic mass is 10.0. The number of amides is 3. The Morgan fingerprint density at radius 1 is 1.00 bits per heavy atom. The number of hydrogen-bond acceptors (Lipinski definition) is 6. The molecular formula is C21H18N4O4. The fourth-order valence-electron chi connectivity index (χ4n) is 3.23. The van der Waals surface area contributed by atoms with Crippen LogP contribution in [-0.4, -0.2) is 38.4 Å². The molecule has 0 unspecified atom stereocenters. The fourth-order valence-corrected chi connectivity index (χ4v) is 3.23. The molecule has 0 aliphatic carbocycles. The fraction of sp³-hybridized carbons (Fsp3) is 0.190. The highest BCUT2D eigenvalue weighted by molar-refractivity contribution is 6.33. The van der Waals surface area contributed by atoms with Gasteiger partial charge in [0.1, 0.15) is 5.60 Å². The van der Waals surface area contributed by atoms with Gasteiger partial charge < -0.3 is 10.1 Å². The minimum absolute atomic E-state index is 0.118. The zero-order valence-corrected chi connectivity index (χ0v) is 16.1. The number of pyridine rings is 2. The summed E-state index contributed by atoms with van der Waals surface area (Å²) in [6.45, 7) is 5.11. The first kappa shape index (κ1) is 18.5. The van der Waals surface area contributed by atoms with Crippen LogP contribution in [0.2, 0.25) is 0 Å². The highest BCUT2D eigenvalue weighted by Gasteiger charge is 2.49. The van der Waals surface area contributed by atoms with Gasteiger partial charge in [0.25, 0.3) is 11.8 Å². The molecule has 0 spiro atoms. The van der Waals surface area contributed by atoms with E-state index in [-0.39, 0.29) is 16.8 Å². The van der Waals surface area contributed by atoms with Gasteiger partial charge >= 0.3 is 6.09 Å². The Balaban J connectivity index is 1.93. The van der Waals surface area contributed by atoms with Crippen LogP contribution in [0.4, 0.5) is 4.79 Å². The lowest BCUT2D eigenvalue weighted by Crippen LogP contribution is -2.38. The van der Waals surface area contributed by atoms with Crippen LogP contribution in [0.5, 0.6) is 0 Å². The molecule has 1 N–H and O–H groups in total. The van der Waals surface area contributed by atoms with E-state index in [2.05, 4.69) is 15.3 Å². The zero-order valence-electron chi connectivity index (χ0n) is 16.1. The summed E-state index contributed by atoms with van der Waals surface area (Å²) in [5.41, 5.74) is 0.914. The summed E-state index contributed by atoms with van der Waals surface area (Å²) in [6.07, 6.45) is 5.33. The van der Waals surface area contributed by atoms with Crippen molar-refractivity contribution < 1.29 is 19.1 Å². The standard InChI is InChI=1S/C21H18N4O4/c1-21(2,3)29-20(28)25-17(13-7-5-9-23-11-13)15-14(19(25)27)16(24-18(15)26)12-6-4-8-22-10-12/h4-11H,1-3H3,(H,24,26). The highest BCUT2D eigenvalue weighted by atomic mass is 16.6. The molecule has 8 heteroatoms. The molecule has 0 fully saturated rings. The number of nitrogens with one attached hydrogen (secondary N) is 1. The van der Waals surface area contributed by atoms with Gasteiger partial charge in [-0.1, -0.05) is 0 Å². The molecule has 4 rings (SSSR count). The summed E-state index contributed by atoms with van der Waals surface area (Å²) in [5, 5.41) is 2.73. The van der Waals surface area contributed by atoms with Gasteiger partial charge in [-0.05, 0) is 45.0 Å². The Labute approximate surface area is 166 Å². The summed E-state index contributed by atoms with van der Waals surface area (Å²) in [6, 6.07) is 6.77. The van der Waals surface area contributed by atoms with E-state index in [9.17, 15) is 14.4 Å². The number of hydrogen-bond donors (Lipinski definition) is 1. The second kappa shape index (κ2) is 6.66. The van der Waals surface area contributed by atoms with E-state index in [1.165, 1.54) is 6.20 Å². The molecule has 4 heterocycles. The first-order chi connectivity index (χ1) is 13.8. The maximum atomic E-state index is 13.3. The van der Waals surface area contributed by atoms with E-state index in [4.69, 9.17) is 4.74 Å². The van der Waals surface area contributed by atoms with E-state index in [0.717, 1.165) is 4.90 Å². The van der Waals surface area contributed by atoms with Crippen molar-refractivity contribution >= 4 is 29.3 Å². The normalized spacial score (nSPS) is 16.3. The summed E-state index contributed by atoms with van der Waals surface area (Å²) in [4.78, 5) is 48.1. The summed E-state index contributed by atoms with van der Waals surface area (Å²) < 4.78 is 5.43. The molecule has 0 saturated heterocycles. The van der Waals surface area contributed by atoms with Crippen LogP contribution in [0.15, 0.2) is 60.2 Å². The Morgan fingerprint density at radius 3 is 2.17 bits per heavy atom. The Hall–Kier alpha value is -3.81. The highest BCUT2D eigenvalue weighted by Crippen LogP contribution is 2.42. The van der Waals surface area contributed by atoms with Crippen molar-refractivity contribution in [3.05, 3.63) is 71.3 Å². The molecule has 2 aliphatic rings. The number of fused-ring (bicyclic) bond motifs is 1. The van der Waals surface area contributed by atoms with E-state index < -0.39 is 23.5 Å². The van der Waals surface area contributed by atoms with Gasteiger partial charge in [0.2, 0.25) is 0 Å². The van der Waals surface area contributed by atoms with Gasteiger partial charge in [-0.2, -0.15) is 0 Å². The van der Waals surface area contributed by atoms with Crippen molar-refractivity contribution in [2.45, 2.75) is 26.4 Å². The van der Waals surface area contributed by atoms with Crippen molar-refractivity contribution in [1.82, 2.24) is 20.2 Å². The van der Waals surface area contributed by atoms with Gasteiger partial charge in [-0.25, -0.2) is 9.69 Å². The molecule has 0 atom stereocenters. The molecule has 2 aromatic heterocycles. The molecule has 29 heavy (non-hydrogen) atoms. The number of carbonyl (C=O) groups is 3. The SMILES string of the molecule is CC(C)(C)OC(=O)N1C(=O)C2=C(c3cccnc3)NC(=O)C2=C1c1cccnc1. The molecule has 0 bridgehead atoms. The van der Waals surface area contributed by atoms with Crippen molar-refractivity contribution in [1.29, 1.82) is 0 Å². The third kappa shape index (κ3) is 3.18. The first-order valence-corrected chi connectivity index (χ1v) is 8.96. The monoisotopic (exact) mass is 390 g/mol. The van der Waals surface area contributed by atoms with Crippen LogP contribution in [0.25, 0.3) is 11.4 Å². The van der Waals surface area contributed by atoms with Gasteiger partial charge in [0, 0.05) is 35.9 Å². The number of carbonyl (C=O) groups excluding carboxylic acids is 3. The van der Waals surface area contributed by atoms with Crippen LogP contribution in [0.3, 0.4) is 0 Å². The summed E-state index contributed by atoms with van der Waals surface area (Å²) in [5.74, 6) is -1.11. The molecule has 146 valence electrons. The third-order valence-electron chi connectivity index (χ3n) is 4.30. The average Bonchev–Trinajstić information content (AvgIpc) is 3.18. The lowest BCUT2D eigenvalue weighted by molar-refractivity contribution is -0.122. The minimum Gasteiger partial charge on any atom is -0.443 e. The second-order valence-electron chi connectivity index (χ2n) is 7.53. The third-order valence-corrected chi connectivity index (χ3v) is 4.30. The van der Waals surface area contributed by atoms with E-state index in [0.29, 0.717) is 16.8 Å². The predicted molar refractivity (Wildman–Crippen MR) is 104 cm³/mol. The van der Waals surface area contributed by atoms with Crippen LogP contribution in [-0.2, 0) is 14.3 Å². The second-order valence-corrected chi connectivity index (χ2v) is 7.53. The number of aromatic nitrogens is 2. The molecule has 0 aromatic carbocycles. The van der Waals surface area contributed by atoms with Gasteiger partial charge in [-0.3, -0.25) is 19.6 Å². The number of rotatable bonds is 2. The molecule has 3 amide bonds. The topological polar surface area (TPSA) is 101 Å². The smallest absolute Gasteiger partial charge is 0.422 e. The Morgan fingerprint density at radius 2 is 1.62 bits per heavy atom. The molecule has 2 aliphatic heterocycles. The van der Waals surface area contributed by atoms with Crippen molar-refractivity contribution in [2.75, 3.05) is 0 Å². The lowest BCUT2D eigenvalue weighted by Gasteiger charge is -2.25. The average molecular weight is 390 g/mol. The Bertz CT molecular complexity index is 1080. The summed E-state index contributed by atoms with van der Waals surface area (Å²) >= 11 is 0. The first-order valence-electron chi connectivity index (χ1n) is 8.96. The number of imide groups is 1. The van der Waals surface area contributed by atoms with E-state index in [1.807, 2.05) is 0 Å².